The molecule has 5 rings (SSSR count). The van der Waals surface area contributed by atoms with E-state index in [2.05, 4.69) is 62.6 Å². The molecule has 0 fully saturated rings. The van der Waals surface area contributed by atoms with Crippen molar-refractivity contribution in [3.05, 3.63) is 147 Å². The van der Waals surface area contributed by atoms with Gasteiger partial charge in [-0.1, -0.05) is 91.0 Å². The summed E-state index contributed by atoms with van der Waals surface area (Å²) in [5.74, 6) is 0.621. The molecule has 0 aliphatic heterocycles. The molecule has 0 unspecified atom stereocenters. The molecule has 4 nitrogen and oxygen atoms in total. The number of thiazole rings is 1. The average molecular weight is 525 g/mol. The van der Waals surface area contributed by atoms with Gasteiger partial charge in [0.25, 0.3) is 0 Å². The quantitative estimate of drug-likeness (QED) is 0.176. The van der Waals surface area contributed by atoms with Gasteiger partial charge in [-0.25, -0.2) is 9.97 Å². The molecule has 0 spiro atoms. The molecule has 166 valence electrons. The molecule has 0 amide bonds. The van der Waals surface area contributed by atoms with Crippen molar-refractivity contribution in [2.75, 3.05) is 5.32 Å². The molecule has 0 bridgehead atoms. The van der Waals surface area contributed by atoms with Gasteiger partial charge < -0.3 is 5.32 Å². The molecule has 2 aromatic heterocycles. The molecule has 0 aliphatic rings. The van der Waals surface area contributed by atoms with E-state index in [9.17, 15) is 0 Å². The van der Waals surface area contributed by atoms with Crippen LogP contribution in [0.15, 0.2) is 119 Å². The van der Waals surface area contributed by atoms with Gasteiger partial charge >= 0.3 is 0 Å². The highest BCUT2D eigenvalue weighted by Crippen LogP contribution is 2.40. The number of hydrogen-bond donors (Lipinski definition) is 2. The van der Waals surface area contributed by atoms with Crippen LogP contribution in [0.3, 0.4) is 0 Å². The van der Waals surface area contributed by atoms with Crippen molar-refractivity contribution < 1.29 is 0 Å². The zero-order valence-corrected chi connectivity index (χ0v) is 20.6. The number of benzene rings is 3. The summed E-state index contributed by atoms with van der Waals surface area (Å²) >= 11 is 4.83. The van der Waals surface area contributed by atoms with Crippen LogP contribution >= 0.6 is 27.3 Å². The van der Waals surface area contributed by atoms with Gasteiger partial charge in [-0.15, -0.1) is 11.3 Å². The van der Waals surface area contributed by atoms with Crippen molar-refractivity contribution in [2.24, 2.45) is 0 Å². The van der Waals surface area contributed by atoms with Gasteiger partial charge in [0, 0.05) is 17.1 Å². The summed E-state index contributed by atoms with van der Waals surface area (Å²) < 4.78 is 0.725. The molecule has 0 saturated carbocycles. The highest BCUT2D eigenvalue weighted by Gasteiger charge is 2.37. The van der Waals surface area contributed by atoms with E-state index in [1.165, 1.54) is 11.3 Å². The highest BCUT2D eigenvalue weighted by atomic mass is 79.9. The Kier molecular flexibility index (Phi) is 6.34. The van der Waals surface area contributed by atoms with Crippen molar-refractivity contribution in [2.45, 2.75) is 5.54 Å². The molecule has 2 N–H and O–H groups in total. The van der Waals surface area contributed by atoms with Gasteiger partial charge in [0.05, 0.1) is 0 Å². The van der Waals surface area contributed by atoms with Crippen molar-refractivity contribution in [3.8, 4) is 0 Å². The monoisotopic (exact) mass is 524 g/mol. The van der Waals surface area contributed by atoms with E-state index in [0.29, 0.717) is 22.1 Å². The van der Waals surface area contributed by atoms with Gasteiger partial charge in [-0.3, -0.25) is 5.41 Å². The third-order valence-corrected chi connectivity index (χ3v) is 7.26. The van der Waals surface area contributed by atoms with Crippen LogP contribution in [0.1, 0.15) is 27.3 Å². The maximum atomic E-state index is 8.89. The Labute approximate surface area is 211 Å². The molecular formula is C28H21BrN4S. The van der Waals surface area contributed by atoms with Crippen molar-refractivity contribution in [1.82, 2.24) is 9.97 Å². The minimum atomic E-state index is -0.726. The fourth-order valence-corrected chi connectivity index (χ4v) is 5.36. The van der Waals surface area contributed by atoms with Crippen LogP contribution in [0.2, 0.25) is 0 Å². The third-order valence-electron chi connectivity index (χ3n) is 5.69. The first-order valence-electron chi connectivity index (χ1n) is 10.8. The van der Waals surface area contributed by atoms with E-state index in [4.69, 9.17) is 10.4 Å². The lowest BCUT2D eigenvalue weighted by molar-refractivity contribution is 0.706. The lowest BCUT2D eigenvalue weighted by atomic mass is 9.77. The number of pyridine rings is 1. The zero-order valence-electron chi connectivity index (χ0n) is 18.2. The number of nitrogens with one attached hydrogen (secondary N) is 2. The van der Waals surface area contributed by atoms with Crippen LogP contribution in [0, 0.1) is 5.41 Å². The largest absolute Gasteiger partial charge is 0.352 e. The van der Waals surface area contributed by atoms with Gasteiger partial charge in [-0.2, -0.15) is 0 Å². The second-order valence-corrected chi connectivity index (χ2v) is 9.39. The standard InChI is InChI=1S/C28H21BrN4S/c29-24-19-34-27(32-24)25(30)23-17-10-18-31-26(23)33-28(20-11-4-1-5-12-20,21-13-6-2-7-14-21)22-15-8-3-9-16-22/h1-19,30H,(H,31,33). The molecule has 0 atom stereocenters. The predicted molar refractivity (Wildman–Crippen MR) is 143 cm³/mol. The maximum absolute atomic E-state index is 8.89. The number of halogens is 1. The second-order valence-electron chi connectivity index (χ2n) is 7.72. The van der Waals surface area contributed by atoms with Crippen molar-refractivity contribution >= 4 is 38.8 Å². The summed E-state index contributed by atoms with van der Waals surface area (Å²) in [6.45, 7) is 0. The van der Waals surface area contributed by atoms with Gasteiger partial charge in [0.2, 0.25) is 0 Å². The van der Waals surface area contributed by atoms with Crippen LogP contribution in [-0.4, -0.2) is 15.7 Å². The zero-order chi connectivity index (χ0) is 23.4. The fourth-order valence-electron chi connectivity index (χ4n) is 4.15. The summed E-state index contributed by atoms with van der Waals surface area (Å²) in [6.07, 6.45) is 1.75. The SMILES string of the molecule is N=C(c1nc(Br)cs1)c1cccnc1NC(c1ccccc1)(c1ccccc1)c1ccccc1. The van der Waals surface area contributed by atoms with Crippen molar-refractivity contribution in [3.63, 3.8) is 0 Å². The Bertz CT molecular complexity index is 1310. The van der Waals surface area contributed by atoms with E-state index >= 15 is 0 Å². The summed E-state index contributed by atoms with van der Waals surface area (Å²) in [7, 11) is 0. The third kappa shape index (κ3) is 4.18. The second kappa shape index (κ2) is 9.71. The minimum absolute atomic E-state index is 0.328. The number of anilines is 1. The summed E-state index contributed by atoms with van der Waals surface area (Å²) in [4.78, 5) is 9.16. The molecule has 34 heavy (non-hydrogen) atoms. The molecule has 0 radical (unpaired) electrons. The highest BCUT2D eigenvalue weighted by molar-refractivity contribution is 9.10. The molecular weight excluding hydrogens is 504 g/mol. The van der Waals surface area contributed by atoms with E-state index in [1.54, 1.807) is 6.20 Å². The molecule has 3 aromatic carbocycles. The normalized spacial score (nSPS) is 11.2. The number of rotatable bonds is 7. The smallest absolute Gasteiger partial charge is 0.143 e. The Morgan fingerprint density at radius 2 is 1.29 bits per heavy atom. The van der Waals surface area contributed by atoms with Crippen LogP contribution in [0.4, 0.5) is 5.82 Å². The molecule has 0 saturated heterocycles. The molecule has 2 heterocycles. The van der Waals surface area contributed by atoms with Crippen LogP contribution in [0.5, 0.6) is 0 Å². The van der Waals surface area contributed by atoms with Gasteiger partial charge in [0.15, 0.2) is 0 Å². The first kappa shape index (κ1) is 22.2. The Hall–Kier alpha value is -3.61. The van der Waals surface area contributed by atoms with Crippen LogP contribution in [-0.2, 0) is 5.54 Å². The summed E-state index contributed by atoms with van der Waals surface area (Å²) in [5.41, 5.74) is 3.52. The van der Waals surface area contributed by atoms with E-state index in [-0.39, 0.29) is 0 Å². The Balaban J connectivity index is 1.73. The topological polar surface area (TPSA) is 61.7 Å². The lowest BCUT2D eigenvalue weighted by Crippen LogP contribution is -2.39. The molecule has 5 aromatic rings. The van der Waals surface area contributed by atoms with Gasteiger partial charge in [0.1, 0.15) is 26.7 Å². The first-order valence-corrected chi connectivity index (χ1v) is 12.5. The predicted octanol–water partition coefficient (Wildman–Crippen LogP) is 7.12. The summed E-state index contributed by atoms with van der Waals surface area (Å²) in [6, 6.07) is 34.9. The van der Waals surface area contributed by atoms with Crippen molar-refractivity contribution in [1.29, 1.82) is 5.41 Å². The van der Waals surface area contributed by atoms with E-state index in [1.807, 2.05) is 72.1 Å². The van der Waals surface area contributed by atoms with Gasteiger partial charge in [-0.05, 0) is 44.8 Å². The number of hydrogen-bond acceptors (Lipinski definition) is 5. The average Bonchev–Trinajstić information content (AvgIpc) is 3.35. The lowest BCUT2D eigenvalue weighted by Gasteiger charge is -2.37. The van der Waals surface area contributed by atoms with E-state index in [0.717, 1.165) is 21.3 Å². The number of aromatic nitrogens is 2. The Morgan fingerprint density at radius 3 is 1.76 bits per heavy atom. The van der Waals surface area contributed by atoms with E-state index < -0.39 is 5.54 Å². The number of nitrogens with zero attached hydrogens (tertiary/aromatic N) is 2. The fraction of sp³-hybridized carbons (Fsp3) is 0.0357. The minimum Gasteiger partial charge on any atom is -0.352 e. The first-order chi connectivity index (χ1) is 16.7. The Morgan fingerprint density at radius 1 is 0.765 bits per heavy atom. The maximum Gasteiger partial charge on any atom is 0.143 e. The summed E-state index contributed by atoms with van der Waals surface area (Å²) in [5, 5.41) is 15.2. The van der Waals surface area contributed by atoms with Crippen LogP contribution in [0.25, 0.3) is 0 Å². The molecule has 0 aliphatic carbocycles. The van der Waals surface area contributed by atoms with Crippen LogP contribution < -0.4 is 5.32 Å². The molecule has 6 heteroatoms.